The molecule has 0 fully saturated rings. The van der Waals surface area contributed by atoms with Gasteiger partial charge in [-0.25, -0.2) is 4.68 Å². The van der Waals surface area contributed by atoms with E-state index in [0.717, 1.165) is 23.5 Å². The van der Waals surface area contributed by atoms with E-state index in [9.17, 15) is 9.59 Å². The first-order chi connectivity index (χ1) is 10.8. The van der Waals surface area contributed by atoms with Crippen LogP contribution in [-0.4, -0.2) is 48.5 Å². The van der Waals surface area contributed by atoms with Crippen LogP contribution in [0.25, 0.3) is 0 Å². The summed E-state index contributed by atoms with van der Waals surface area (Å²) in [6.07, 6.45) is 1.43. The maximum Gasteiger partial charge on any atom is 0.325 e. The van der Waals surface area contributed by atoms with Crippen LogP contribution in [0.15, 0.2) is 12.3 Å². The van der Waals surface area contributed by atoms with Gasteiger partial charge in [-0.2, -0.15) is 10.2 Å². The highest BCUT2D eigenvalue weighted by molar-refractivity contribution is 5.92. The number of nitrogens with zero attached hydrogens (tertiary/aromatic N) is 5. The number of carbonyl (C=O) groups is 2. The lowest BCUT2D eigenvalue weighted by atomic mass is 10.2. The Morgan fingerprint density at radius 2 is 2.00 bits per heavy atom. The Kier molecular flexibility index (Phi) is 4.83. The smallest absolute Gasteiger partial charge is 0.325 e. The van der Waals surface area contributed by atoms with Crippen molar-refractivity contribution in [2.45, 2.75) is 40.4 Å². The summed E-state index contributed by atoms with van der Waals surface area (Å²) in [7, 11) is 1.68. The van der Waals surface area contributed by atoms with Crippen LogP contribution in [0.5, 0.6) is 0 Å². The van der Waals surface area contributed by atoms with Gasteiger partial charge in [0.05, 0.1) is 5.69 Å². The SMILES string of the molecule is CCn1nc(C)c(CN(C)C(=O)c2ccnn2CC(=O)O)c1C. The van der Waals surface area contributed by atoms with Gasteiger partial charge in [-0.3, -0.25) is 14.3 Å². The van der Waals surface area contributed by atoms with Crippen molar-refractivity contribution in [3.63, 3.8) is 0 Å². The summed E-state index contributed by atoms with van der Waals surface area (Å²) in [4.78, 5) is 24.9. The molecule has 124 valence electrons. The third-order valence-electron chi connectivity index (χ3n) is 3.79. The van der Waals surface area contributed by atoms with E-state index < -0.39 is 5.97 Å². The largest absolute Gasteiger partial charge is 0.480 e. The van der Waals surface area contributed by atoms with E-state index in [1.807, 2.05) is 25.5 Å². The van der Waals surface area contributed by atoms with Gasteiger partial charge in [0, 0.05) is 37.6 Å². The van der Waals surface area contributed by atoms with Crippen molar-refractivity contribution in [2.75, 3.05) is 7.05 Å². The quantitative estimate of drug-likeness (QED) is 0.860. The standard InChI is InChI=1S/C15H21N5O3/c1-5-19-11(3)12(10(2)17-19)8-18(4)15(23)13-6-7-16-20(13)9-14(21)22/h6-7H,5,8-9H2,1-4H3,(H,21,22). The van der Waals surface area contributed by atoms with Crippen molar-refractivity contribution in [2.24, 2.45) is 0 Å². The highest BCUT2D eigenvalue weighted by atomic mass is 16.4. The third-order valence-corrected chi connectivity index (χ3v) is 3.79. The van der Waals surface area contributed by atoms with Crippen LogP contribution in [0.3, 0.4) is 0 Å². The lowest BCUT2D eigenvalue weighted by Crippen LogP contribution is -2.29. The molecule has 8 nitrogen and oxygen atoms in total. The second-order valence-electron chi connectivity index (χ2n) is 5.39. The summed E-state index contributed by atoms with van der Waals surface area (Å²) in [5, 5.41) is 17.2. The Morgan fingerprint density at radius 3 is 2.57 bits per heavy atom. The summed E-state index contributed by atoms with van der Waals surface area (Å²) in [6, 6.07) is 1.52. The van der Waals surface area contributed by atoms with Gasteiger partial charge in [-0.05, 0) is 26.8 Å². The first kappa shape index (κ1) is 16.7. The van der Waals surface area contributed by atoms with E-state index in [0.29, 0.717) is 6.54 Å². The number of carbonyl (C=O) groups excluding carboxylic acids is 1. The predicted molar refractivity (Wildman–Crippen MR) is 83.0 cm³/mol. The molecule has 0 aliphatic rings. The average Bonchev–Trinajstić information content (AvgIpc) is 3.04. The van der Waals surface area contributed by atoms with E-state index in [1.54, 1.807) is 11.9 Å². The molecule has 1 amide bonds. The molecule has 2 rings (SSSR count). The fourth-order valence-electron chi connectivity index (χ4n) is 2.54. The van der Waals surface area contributed by atoms with Crippen LogP contribution in [0.2, 0.25) is 0 Å². The molecule has 0 atom stereocenters. The average molecular weight is 319 g/mol. The molecule has 0 radical (unpaired) electrons. The number of aryl methyl sites for hydroxylation is 2. The van der Waals surface area contributed by atoms with E-state index in [-0.39, 0.29) is 18.1 Å². The van der Waals surface area contributed by atoms with Gasteiger partial charge in [-0.15, -0.1) is 0 Å². The minimum Gasteiger partial charge on any atom is -0.480 e. The number of hydrogen-bond donors (Lipinski definition) is 1. The van der Waals surface area contributed by atoms with E-state index >= 15 is 0 Å². The first-order valence-corrected chi connectivity index (χ1v) is 7.37. The zero-order chi connectivity index (χ0) is 17.1. The minimum absolute atomic E-state index is 0.257. The maximum atomic E-state index is 12.6. The Hall–Kier alpha value is -2.64. The van der Waals surface area contributed by atoms with Crippen LogP contribution in [0.1, 0.15) is 34.4 Å². The van der Waals surface area contributed by atoms with E-state index in [2.05, 4.69) is 10.2 Å². The highest BCUT2D eigenvalue weighted by Gasteiger charge is 2.20. The van der Waals surface area contributed by atoms with Gasteiger partial charge in [0.25, 0.3) is 5.91 Å². The zero-order valence-electron chi connectivity index (χ0n) is 13.8. The van der Waals surface area contributed by atoms with Crippen molar-refractivity contribution in [3.05, 3.63) is 34.9 Å². The fraction of sp³-hybridized carbons (Fsp3) is 0.467. The van der Waals surface area contributed by atoms with Crippen molar-refractivity contribution in [1.29, 1.82) is 0 Å². The first-order valence-electron chi connectivity index (χ1n) is 7.37. The third kappa shape index (κ3) is 3.41. The molecule has 2 heterocycles. The van der Waals surface area contributed by atoms with Crippen LogP contribution in [0.4, 0.5) is 0 Å². The topological polar surface area (TPSA) is 93.3 Å². The molecular formula is C15H21N5O3. The second-order valence-corrected chi connectivity index (χ2v) is 5.39. The molecule has 1 N–H and O–H groups in total. The van der Waals surface area contributed by atoms with Gasteiger partial charge in [0.15, 0.2) is 0 Å². The summed E-state index contributed by atoms with van der Waals surface area (Å²) >= 11 is 0. The lowest BCUT2D eigenvalue weighted by molar-refractivity contribution is -0.137. The summed E-state index contributed by atoms with van der Waals surface area (Å²) < 4.78 is 3.09. The van der Waals surface area contributed by atoms with Crippen LogP contribution >= 0.6 is 0 Å². The summed E-state index contributed by atoms with van der Waals surface area (Å²) in [6.45, 7) is 6.76. The van der Waals surface area contributed by atoms with Gasteiger partial charge in [0.2, 0.25) is 0 Å². The lowest BCUT2D eigenvalue weighted by Gasteiger charge is -2.18. The molecular weight excluding hydrogens is 298 g/mol. The monoisotopic (exact) mass is 319 g/mol. The molecule has 0 saturated heterocycles. The molecule has 0 aliphatic heterocycles. The number of aromatic nitrogens is 4. The predicted octanol–water partition coefficient (Wildman–Crippen LogP) is 1.07. The number of rotatable bonds is 6. The van der Waals surface area contributed by atoms with Crippen molar-refractivity contribution >= 4 is 11.9 Å². The Labute approximate surface area is 134 Å². The molecule has 0 bridgehead atoms. The van der Waals surface area contributed by atoms with Gasteiger partial charge >= 0.3 is 5.97 Å². The van der Waals surface area contributed by atoms with Crippen molar-refractivity contribution in [1.82, 2.24) is 24.5 Å². The Bertz CT molecular complexity index is 732. The van der Waals surface area contributed by atoms with E-state index in [4.69, 9.17) is 5.11 Å². The molecule has 23 heavy (non-hydrogen) atoms. The Morgan fingerprint density at radius 1 is 1.30 bits per heavy atom. The second kappa shape index (κ2) is 6.64. The number of aliphatic carboxylic acids is 1. The minimum atomic E-state index is -1.04. The van der Waals surface area contributed by atoms with Gasteiger partial charge in [0.1, 0.15) is 12.2 Å². The molecule has 0 unspecified atom stereocenters. The molecule has 8 heteroatoms. The maximum absolute atomic E-state index is 12.6. The van der Waals surface area contributed by atoms with Gasteiger partial charge < -0.3 is 10.0 Å². The van der Waals surface area contributed by atoms with Crippen LogP contribution in [-0.2, 0) is 24.4 Å². The number of hydrogen-bond acceptors (Lipinski definition) is 4. The van der Waals surface area contributed by atoms with Crippen molar-refractivity contribution in [3.8, 4) is 0 Å². The van der Waals surface area contributed by atoms with Crippen molar-refractivity contribution < 1.29 is 14.7 Å². The molecule has 0 saturated carbocycles. The molecule has 2 aromatic heterocycles. The number of carboxylic acid groups (broad SMARTS) is 1. The molecule has 0 aliphatic carbocycles. The van der Waals surface area contributed by atoms with Crippen LogP contribution < -0.4 is 0 Å². The van der Waals surface area contributed by atoms with Gasteiger partial charge in [-0.1, -0.05) is 0 Å². The molecule has 0 spiro atoms. The molecule has 2 aromatic rings. The Balaban J connectivity index is 2.20. The fourth-order valence-corrected chi connectivity index (χ4v) is 2.54. The zero-order valence-corrected chi connectivity index (χ0v) is 13.8. The highest BCUT2D eigenvalue weighted by Crippen LogP contribution is 2.16. The molecule has 0 aromatic carbocycles. The summed E-state index contributed by atoms with van der Waals surface area (Å²) in [5.74, 6) is -1.31. The number of carboxylic acids is 1. The summed E-state index contributed by atoms with van der Waals surface area (Å²) in [5.41, 5.74) is 3.19. The van der Waals surface area contributed by atoms with Crippen LogP contribution in [0, 0.1) is 13.8 Å². The van der Waals surface area contributed by atoms with E-state index in [1.165, 1.54) is 16.9 Å². The number of amides is 1. The normalized spacial score (nSPS) is 10.8.